The van der Waals surface area contributed by atoms with E-state index in [1.165, 1.54) is 6.33 Å². The van der Waals surface area contributed by atoms with Gasteiger partial charge in [-0.05, 0) is 35.9 Å². The van der Waals surface area contributed by atoms with E-state index in [1.54, 1.807) is 23.3 Å². The van der Waals surface area contributed by atoms with E-state index in [-0.39, 0.29) is 0 Å². The third kappa shape index (κ3) is 2.55. The predicted molar refractivity (Wildman–Crippen MR) is 97.2 cm³/mol. The third-order valence-electron chi connectivity index (χ3n) is 4.22. The predicted octanol–water partition coefficient (Wildman–Crippen LogP) is 2.88. The molecule has 0 unspecified atom stereocenters. The molecule has 1 aromatic carbocycles. The summed E-state index contributed by atoms with van der Waals surface area (Å²) < 4.78 is 1.81. The molecule has 4 aromatic heterocycles. The maximum absolute atomic E-state index is 4.71. The molecule has 0 N–H and O–H groups in total. The van der Waals surface area contributed by atoms with Crippen LogP contribution in [-0.4, -0.2) is 34.9 Å². The molecule has 124 valence electrons. The Bertz CT molecular complexity index is 1210. The molecule has 26 heavy (non-hydrogen) atoms. The summed E-state index contributed by atoms with van der Waals surface area (Å²) in [6, 6.07) is 14.0. The zero-order valence-electron chi connectivity index (χ0n) is 13.7. The second-order valence-corrected chi connectivity index (χ2v) is 5.94. The minimum atomic E-state index is 0.586. The molecule has 0 bridgehead atoms. The molecule has 0 radical (unpaired) electrons. The lowest BCUT2D eigenvalue weighted by molar-refractivity contribution is 0.665. The van der Waals surface area contributed by atoms with Gasteiger partial charge in [-0.3, -0.25) is 4.98 Å². The highest BCUT2D eigenvalue weighted by Gasteiger charge is 2.10. The number of benzene rings is 1. The van der Waals surface area contributed by atoms with Crippen LogP contribution >= 0.6 is 0 Å². The summed E-state index contributed by atoms with van der Waals surface area (Å²) in [6.07, 6.45) is 6.78. The molecule has 0 amide bonds. The molecule has 5 aromatic rings. The van der Waals surface area contributed by atoms with Gasteiger partial charge < -0.3 is 0 Å². The first kappa shape index (κ1) is 14.6. The van der Waals surface area contributed by atoms with E-state index >= 15 is 0 Å². The van der Waals surface area contributed by atoms with Gasteiger partial charge in [-0.25, -0.2) is 19.6 Å². The van der Waals surface area contributed by atoms with Crippen LogP contribution in [0.5, 0.6) is 0 Å². The fraction of sp³-hybridized carbons (Fsp3) is 0.0526. The summed E-state index contributed by atoms with van der Waals surface area (Å²) in [6.45, 7) is 0.586. The molecular weight excluding hydrogens is 326 g/mol. The van der Waals surface area contributed by atoms with Crippen LogP contribution in [0.1, 0.15) is 5.56 Å². The van der Waals surface area contributed by atoms with Crippen molar-refractivity contribution in [3.63, 3.8) is 0 Å². The molecule has 0 fully saturated rings. The Labute approximate surface area is 148 Å². The minimum absolute atomic E-state index is 0.586. The van der Waals surface area contributed by atoms with Gasteiger partial charge in [-0.2, -0.15) is 0 Å². The van der Waals surface area contributed by atoms with Gasteiger partial charge in [-0.1, -0.05) is 17.3 Å². The molecule has 7 nitrogen and oxygen atoms in total. The maximum atomic E-state index is 4.71. The third-order valence-corrected chi connectivity index (χ3v) is 4.22. The summed E-state index contributed by atoms with van der Waals surface area (Å²) >= 11 is 0. The number of hydrogen-bond acceptors (Lipinski definition) is 6. The highest BCUT2D eigenvalue weighted by Crippen LogP contribution is 2.20. The highest BCUT2D eigenvalue weighted by molar-refractivity contribution is 5.79. The molecule has 0 aliphatic carbocycles. The first-order valence-corrected chi connectivity index (χ1v) is 8.16. The van der Waals surface area contributed by atoms with Crippen LogP contribution < -0.4 is 0 Å². The number of rotatable bonds is 3. The Balaban J connectivity index is 1.55. The number of hydrogen-bond donors (Lipinski definition) is 0. The van der Waals surface area contributed by atoms with Crippen LogP contribution in [0.15, 0.2) is 67.4 Å². The summed E-state index contributed by atoms with van der Waals surface area (Å²) in [7, 11) is 0. The van der Waals surface area contributed by atoms with Gasteiger partial charge >= 0.3 is 0 Å². The van der Waals surface area contributed by atoms with Crippen molar-refractivity contribution < 1.29 is 0 Å². The van der Waals surface area contributed by atoms with Crippen LogP contribution in [0.3, 0.4) is 0 Å². The molecule has 0 aliphatic rings. The fourth-order valence-corrected chi connectivity index (χ4v) is 2.95. The van der Waals surface area contributed by atoms with Gasteiger partial charge in [0.25, 0.3) is 0 Å². The lowest BCUT2D eigenvalue weighted by Crippen LogP contribution is -2.03. The summed E-state index contributed by atoms with van der Waals surface area (Å²) in [5.41, 5.74) is 5.24. The lowest BCUT2D eigenvalue weighted by atomic mass is 10.1. The van der Waals surface area contributed by atoms with Crippen molar-refractivity contribution in [3.05, 3.63) is 72.9 Å². The standard InChI is InChI=1S/C19H13N7/c1-2-14-8-13(3-4-16(14)22-7-1)11-26-19-18(24-25-26)6-5-17(23-19)15-9-20-12-21-10-15/h1-10,12H,11H2. The summed E-state index contributed by atoms with van der Waals surface area (Å²) in [5.74, 6) is 0. The lowest BCUT2D eigenvalue weighted by Gasteiger charge is -2.05. The van der Waals surface area contributed by atoms with Crippen LogP contribution in [-0.2, 0) is 6.54 Å². The number of aromatic nitrogens is 7. The van der Waals surface area contributed by atoms with Crippen LogP contribution in [0, 0.1) is 0 Å². The van der Waals surface area contributed by atoms with E-state index < -0.39 is 0 Å². The van der Waals surface area contributed by atoms with Gasteiger partial charge in [0.2, 0.25) is 0 Å². The number of fused-ring (bicyclic) bond motifs is 2. The Kier molecular flexibility index (Phi) is 3.35. The largest absolute Gasteiger partial charge is 0.256 e. The molecule has 0 atom stereocenters. The van der Waals surface area contributed by atoms with Gasteiger partial charge in [0.15, 0.2) is 5.65 Å². The SMILES string of the molecule is c1cnc2ccc(Cn3nnc4ccc(-c5cncnc5)nc43)cc2c1. The molecule has 5 rings (SSSR count). The van der Waals surface area contributed by atoms with E-state index in [0.717, 1.165) is 38.9 Å². The molecule has 7 heteroatoms. The maximum Gasteiger partial charge on any atom is 0.179 e. The highest BCUT2D eigenvalue weighted by atomic mass is 15.4. The normalized spacial score (nSPS) is 11.2. The quantitative estimate of drug-likeness (QED) is 0.503. The van der Waals surface area contributed by atoms with Crippen molar-refractivity contribution in [2.24, 2.45) is 0 Å². The molecule has 0 saturated carbocycles. The first-order valence-electron chi connectivity index (χ1n) is 8.16. The second kappa shape index (κ2) is 5.96. The van der Waals surface area contributed by atoms with E-state index in [4.69, 9.17) is 4.98 Å². The molecule has 0 aliphatic heterocycles. The van der Waals surface area contributed by atoms with Crippen LogP contribution in [0.25, 0.3) is 33.3 Å². The van der Waals surface area contributed by atoms with Crippen molar-refractivity contribution in [2.45, 2.75) is 6.54 Å². The van der Waals surface area contributed by atoms with E-state index in [1.807, 2.05) is 24.3 Å². The van der Waals surface area contributed by atoms with Gasteiger partial charge in [0.1, 0.15) is 11.8 Å². The van der Waals surface area contributed by atoms with Crippen molar-refractivity contribution in [1.29, 1.82) is 0 Å². The average Bonchev–Trinajstić information content (AvgIpc) is 3.10. The van der Waals surface area contributed by atoms with Crippen molar-refractivity contribution in [1.82, 2.24) is 34.9 Å². The summed E-state index contributed by atoms with van der Waals surface area (Å²) in [4.78, 5) is 17.2. The Morgan fingerprint density at radius 2 is 1.81 bits per heavy atom. The van der Waals surface area contributed by atoms with E-state index in [0.29, 0.717) is 6.54 Å². The van der Waals surface area contributed by atoms with Crippen molar-refractivity contribution in [3.8, 4) is 11.3 Å². The van der Waals surface area contributed by atoms with Crippen LogP contribution in [0.2, 0.25) is 0 Å². The molecular formula is C19H13N7. The monoisotopic (exact) mass is 339 g/mol. The zero-order valence-corrected chi connectivity index (χ0v) is 13.7. The smallest absolute Gasteiger partial charge is 0.179 e. The molecule has 4 heterocycles. The number of pyridine rings is 2. The second-order valence-electron chi connectivity index (χ2n) is 5.94. The van der Waals surface area contributed by atoms with Crippen molar-refractivity contribution >= 4 is 22.1 Å². The van der Waals surface area contributed by atoms with Crippen molar-refractivity contribution in [2.75, 3.05) is 0 Å². The zero-order chi connectivity index (χ0) is 17.3. The topological polar surface area (TPSA) is 82.3 Å². The van der Waals surface area contributed by atoms with Gasteiger partial charge in [-0.15, -0.1) is 5.10 Å². The Morgan fingerprint density at radius 3 is 2.73 bits per heavy atom. The Hall–Kier alpha value is -3.74. The molecule has 0 spiro atoms. The average molecular weight is 339 g/mol. The van der Waals surface area contributed by atoms with Gasteiger partial charge in [0, 0.05) is 29.5 Å². The number of nitrogens with zero attached hydrogens (tertiary/aromatic N) is 7. The fourth-order valence-electron chi connectivity index (χ4n) is 2.95. The van der Waals surface area contributed by atoms with Gasteiger partial charge in [0.05, 0.1) is 17.8 Å². The molecule has 0 saturated heterocycles. The van der Waals surface area contributed by atoms with E-state index in [9.17, 15) is 0 Å². The summed E-state index contributed by atoms with van der Waals surface area (Å²) in [5, 5.41) is 9.58. The minimum Gasteiger partial charge on any atom is -0.256 e. The van der Waals surface area contributed by atoms with E-state index in [2.05, 4.69) is 43.5 Å². The Morgan fingerprint density at radius 1 is 0.923 bits per heavy atom. The van der Waals surface area contributed by atoms with Crippen LogP contribution in [0.4, 0.5) is 0 Å². The first-order chi connectivity index (χ1) is 12.9.